The summed E-state index contributed by atoms with van der Waals surface area (Å²) in [5.41, 5.74) is 0. The van der Waals surface area contributed by atoms with Crippen molar-refractivity contribution in [1.82, 2.24) is 0 Å². The minimum atomic E-state index is -3.12. The van der Waals surface area contributed by atoms with Crippen LogP contribution in [0.3, 0.4) is 0 Å². The van der Waals surface area contributed by atoms with E-state index in [1.165, 1.54) is 0 Å². The Hall–Kier alpha value is 0.806. The maximum absolute atomic E-state index is 8.59. The molecule has 0 radical (unpaired) electrons. The van der Waals surface area contributed by atoms with Gasteiger partial charge < -0.3 is 9.79 Å². The zero-order valence-electron chi connectivity index (χ0n) is 4.13. The molecule has 6 nitrogen and oxygen atoms in total. The van der Waals surface area contributed by atoms with Crippen molar-refractivity contribution in [3.05, 3.63) is 0 Å². The third kappa shape index (κ3) is 628. The Morgan fingerprint density at radius 2 is 1.00 bits per heavy atom. The van der Waals surface area contributed by atoms with E-state index < -0.39 is 16.5 Å². The summed E-state index contributed by atoms with van der Waals surface area (Å²) in [5, 5.41) is 0. The SMILES string of the molecule is O=[P+]([O-])O.O=[P+]([O-])O.[Mg+2]. The molecule has 0 saturated carbocycles. The Labute approximate surface area is 68.6 Å². The number of rotatable bonds is 0. The molecule has 0 spiro atoms. The Balaban J connectivity index is -0.0000000720. The zero-order valence-corrected chi connectivity index (χ0v) is 7.33. The molecule has 0 amide bonds. The van der Waals surface area contributed by atoms with E-state index in [1.807, 2.05) is 0 Å². The van der Waals surface area contributed by atoms with Crippen molar-refractivity contribution in [1.29, 1.82) is 0 Å². The summed E-state index contributed by atoms with van der Waals surface area (Å²) in [5.74, 6) is 0. The third-order valence-corrected chi connectivity index (χ3v) is 0. The van der Waals surface area contributed by atoms with Gasteiger partial charge in [0.05, 0.1) is 0 Å². The van der Waals surface area contributed by atoms with Gasteiger partial charge in [0, 0.05) is 0 Å². The van der Waals surface area contributed by atoms with Gasteiger partial charge in [-0.25, -0.2) is 0 Å². The molecule has 0 bridgehead atoms. The Kier molecular flexibility index (Phi) is 21.1. The predicted octanol–water partition coefficient (Wildman–Crippen LogP) is -2.39. The smallest absolute Gasteiger partial charge is 0.567 e. The van der Waals surface area contributed by atoms with Crippen LogP contribution in [0.2, 0.25) is 0 Å². The summed E-state index contributed by atoms with van der Waals surface area (Å²) in [4.78, 5) is 31.2. The first-order valence-corrected chi connectivity index (χ1v) is 3.39. The predicted molar refractivity (Wildman–Crippen MR) is 25.4 cm³/mol. The maximum atomic E-state index is 8.59. The van der Waals surface area contributed by atoms with Crippen molar-refractivity contribution < 1.29 is 28.7 Å². The van der Waals surface area contributed by atoms with E-state index in [2.05, 4.69) is 0 Å². The molecule has 0 aromatic carbocycles. The van der Waals surface area contributed by atoms with Crippen LogP contribution in [0.4, 0.5) is 0 Å². The Morgan fingerprint density at radius 3 is 1.00 bits per heavy atom. The van der Waals surface area contributed by atoms with Crippen molar-refractivity contribution >= 4 is 39.6 Å². The molecule has 0 aromatic heterocycles. The molecule has 0 aliphatic carbocycles. The van der Waals surface area contributed by atoms with Crippen molar-refractivity contribution in [2.24, 2.45) is 0 Å². The van der Waals surface area contributed by atoms with E-state index >= 15 is 0 Å². The molecule has 0 aliphatic heterocycles. The van der Waals surface area contributed by atoms with Gasteiger partial charge in [0.25, 0.3) is 0 Å². The van der Waals surface area contributed by atoms with Gasteiger partial charge in [-0.2, -0.15) is 9.79 Å². The number of hydrogen-bond donors (Lipinski definition) is 2. The zero-order chi connectivity index (χ0) is 7.15. The van der Waals surface area contributed by atoms with Gasteiger partial charge >= 0.3 is 39.6 Å². The van der Waals surface area contributed by atoms with Crippen LogP contribution in [0.5, 0.6) is 0 Å². The summed E-state index contributed by atoms with van der Waals surface area (Å²) in [6.45, 7) is 0. The van der Waals surface area contributed by atoms with E-state index in [-0.39, 0.29) is 23.1 Å². The van der Waals surface area contributed by atoms with Crippen LogP contribution in [-0.2, 0) is 9.13 Å². The van der Waals surface area contributed by atoms with Gasteiger partial charge in [-0.15, -0.1) is 0 Å². The van der Waals surface area contributed by atoms with E-state index in [0.29, 0.717) is 0 Å². The third-order valence-electron chi connectivity index (χ3n) is 0. The average molecular weight is 184 g/mol. The molecular formula is H2MgO6P2+2. The fourth-order valence-corrected chi connectivity index (χ4v) is 0. The summed E-state index contributed by atoms with van der Waals surface area (Å²) in [6, 6.07) is 0. The molecule has 9 heteroatoms. The molecule has 9 heavy (non-hydrogen) atoms. The molecule has 0 fully saturated rings. The van der Waals surface area contributed by atoms with Crippen LogP contribution in [0, 0.1) is 0 Å². The molecule has 0 heterocycles. The quantitative estimate of drug-likeness (QED) is 0.320. The topological polar surface area (TPSA) is 121 Å². The monoisotopic (exact) mass is 184 g/mol. The summed E-state index contributed by atoms with van der Waals surface area (Å²) >= 11 is 0. The second-order valence-electron chi connectivity index (χ2n) is 0.476. The maximum Gasteiger partial charge on any atom is 2.00 e. The average Bonchev–Trinajstić information content (AvgIpc) is 1.25. The van der Waals surface area contributed by atoms with Crippen LogP contribution < -0.4 is 9.79 Å². The van der Waals surface area contributed by atoms with Gasteiger partial charge in [0.15, 0.2) is 0 Å². The van der Waals surface area contributed by atoms with Crippen LogP contribution in [0.1, 0.15) is 0 Å². The van der Waals surface area contributed by atoms with Gasteiger partial charge in [-0.3, -0.25) is 0 Å². The van der Waals surface area contributed by atoms with Gasteiger partial charge in [-0.1, -0.05) is 0 Å². The minimum absolute atomic E-state index is 0. The first-order valence-electron chi connectivity index (χ1n) is 1.13. The van der Waals surface area contributed by atoms with Crippen LogP contribution >= 0.6 is 16.5 Å². The van der Waals surface area contributed by atoms with E-state index in [0.717, 1.165) is 0 Å². The molecule has 0 rings (SSSR count). The molecule has 2 unspecified atom stereocenters. The molecule has 0 aromatic rings. The molecule has 48 valence electrons. The molecular weight excluding hydrogens is 182 g/mol. The van der Waals surface area contributed by atoms with Crippen molar-refractivity contribution in [3.8, 4) is 0 Å². The standard InChI is InChI=1S/Mg.2HO3P/c;2*1-4(2)3/h;2*(H,1,2,3)/q+2;;. The molecule has 0 saturated heterocycles. The molecule has 2 N–H and O–H groups in total. The largest absolute Gasteiger partial charge is 2.00 e. The van der Waals surface area contributed by atoms with Crippen LogP contribution in [-0.4, -0.2) is 32.8 Å². The summed E-state index contributed by atoms with van der Waals surface area (Å²) < 4.78 is 17.2. The van der Waals surface area contributed by atoms with Crippen molar-refractivity contribution in [2.45, 2.75) is 0 Å². The van der Waals surface area contributed by atoms with E-state index in [4.69, 9.17) is 28.7 Å². The fraction of sp³-hybridized carbons (Fsp3) is 0. The Bertz CT molecular complexity index is 69.1. The first-order chi connectivity index (χ1) is 3.46. The van der Waals surface area contributed by atoms with Crippen LogP contribution in [0.25, 0.3) is 0 Å². The Morgan fingerprint density at radius 1 is 1.00 bits per heavy atom. The van der Waals surface area contributed by atoms with E-state index in [1.54, 1.807) is 0 Å². The first kappa shape index (κ1) is 16.4. The fourth-order valence-electron chi connectivity index (χ4n) is 0. The van der Waals surface area contributed by atoms with Crippen LogP contribution in [0.15, 0.2) is 0 Å². The summed E-state index contributed by atoms with van der Waals surface area (Å²) in [6.07, 6.45) is 0. The van der Waals surface area contributed by atoms with E-state index in [9.17, 15) is 0 Å². The second-order valence-corrected chi connectivity index (χ2v) is 1.43. The van der Waals surface area contributed by atoms with Gasteiger partial charge in [0.2, 0.25) is 0 Å². The molecule has 0 aliphatic rings. The van der Waals surface area contributed by atoms with Crippen molar-refractivity contribution in [2.75, 3.05) is 0 Å². The van der Waals surface area contributed by atoms with Gasteiger partial charge in [-0.05, 0) is 9.13 Å². The normalized spacial score (nSPS) is 9.78. The summed E-state index contributed by atoms with van der Waals surface area (Å²) in [7, 11) is -6.24. The minimum Gasteiger partial charge on any atom is -0.567 e. The molecule has 2 atom stereocenters. The van der Waals surface area contributed by atoms with Gasteiger partial charge in [0.1, 0.15) is 0 Å². The van der Waals surface area contributed by atoms with Crippen molar-refractivity contribution in [3.63, 3.8) is 0 Å². The number of hydrogen-bond acceptors (Lipinski definition) is 4. The second kappa shape index (κ2) is 11.6.